The van der Waals surface area contributed by atoms with Gasteiger partial charge < -0.3 is 9.32 Å². The number of unbranched alkanes of at least 4 members (excludes halogenated alkanes) is 1. The molecule has 0 spiro atoms. The summed E-state index contributed by atoms with van der Waals surface area (Å²) in [7, 11) is 0. The highest BCUT2D eigenvalue weighted by Gasteiger charge is 2.34. The van der Waals surface area contributed by atoms with Crippen LogP contribution in [0.3, 0.4) is 0 Å². The van der Waals surface area contributed by atoms with Gasteiger partial charge in [0.15, 0.2) is 0 Å². The van der Waals surface area contributed by atoms with Crippen LogP contribution < -0.4 is 0 Å². The molecule has 2 aliphatic carbocycles. The highest BCUT2D eigenvalue weighted by Crippen LogP contribution is 2.40. The Morgan fingerprint density at radius 3 is 2.15 bits per heavy atom. The number of piperidine rings is 1. The molecule has 0 unspecified atom stereocenters. The van der Waals surface area contributed by atoms with Gasteiger partial charge >= 0.3 is 0 Å². The third-order valence-electron chi connectivity index (χ3n) is 6.70. The number of aromatic nitrogens is 2. The number of amides is 1. The smallest absolute Gasteiger partial charge is 0.225 e. The Labute approximate surface area is 156 Å². The molecular formula is C21H33N3O2. The molecule has 2 heterocycles. The number of nitrogens with zero attached hydrogens (tertiary/aromatic N) is 3. The van der Waals surface area contributed by atoms with Crippen molar-refractivity contribution in [3.05, 3.63) is 11.8 Å². The number of hydrogen-bond acceptors (Lipinski definition) is 4. The predicted octanol–water partition coefficient (Wildman–Crippen LogP) is 4.65. The van der Waals surface area contributed by atoms with Gasteiger partial charge in [0, 0.05) is 30.8 Å². The molecule has 5 nitrogen and oxygen atoms in total. The quantitative estimate of drug-likeness (QED) is 0.742. The van der Waals surface area contributed by atoms with Gasteiger partial charge in [0.1, 0.15) is 0 Å². The lowest BCUT2D eigenvalue weighted by Gasteiger charge is -2.35. The second-order valence-electron chi connectivity index (χ2n) is 8.71. The first-order valence-corrected chi connectivity index (χ1v) is 10.9. The van der Waals surface area contributed by atoms with E-state index in [1.807, 2.05) is 0 Å². The number of carbonyl (C=O) groups excluding carboxylic acids is 1. The minimum Gasteiger partial charge on any atom is -0.425 e. The van der Waals surface area contributed by atoms with Gasteiger partial charge in [0.05, 0.1) is 0 Å². The number of carbonyl (C=O) groups is 1. The van der Waals surface area contributed by atoms with Crippen LogP contribution in [-0.4, -0.2) is 34.1 Å². The van der Waals surface area contributed by atoms with Gasteiger partial charge in [0.25, 0.3) is 0 Å². The van der Waals surface area contributed by atoms with E-state index in [-0.39, 0.29) is 5.92 Å². The van der Waals surface area contributed by atoms with Gasteiger partial charge in [-0.05, 0) is 57.3 Å². The molecule has 3 aliphatic rings. The first kappa shape index (κ1) is 18.0. The zero-order valence-corrected chi connectivity index (χ0v) is 16.2. The molecule has 1 aromatic heterocycles. The van der Waals surface area contributed by atoms with Crippen molar-refractivity contribution in [2.45, 2.75) is 89.4 Å². The van der Waals surface area contributed by atoms with Gasteiger partial charge in [-0.15, -0.1) is 10.2 Å². The maximum Gasteiger partial charge on any atom is 0.225 e. The number of hydrogen-bond donors (Lipinski definition) is 0. The summed E-state index contributed by atoms with van der Waals surface area (Å²) in [5.41, 5.74) is 0. The Morgan fingerprint density at radius 2 is 1.58 bits per heavy atom. The monoisotopic (exact) mass is 359 g/mol. The summed E-state index contributed by atoms with van der Waals surface area (Å²) < 4.78 is 5.88. The first-order valence-electron chi connectivity index (χ1n) is 10.9. The van der Waals surface area contributed by atoms with Crippen LogP contribution in [0.25, 0.3) is 0 Å². The Hall–Kier alpha value is -1.39. The molecule has 1 saturated heterocycles. The van der Waals surface area contributed by atoms with E-state index in [0.29, 0.717) is 17.7 Å². The van der Waals surface area contributed by atoms with Crippen molar-refractivity contribution in [2.75, 3.05) is 13.1 Å². The normalized spacial score (nSPS) is 27.7. The molecule has 0 radical (unpaired) electrons. The Kier molecular flexibility index (Phi) is 5.60. The van der Waals surface area contributed by atoms with Gasteiger partial charge in [-0.3, -0.25) is 4.79 Å². The summed E-state index contributed by atoms with van der Waals surface area (Å²) in [5, 5.41) is 8.49. The van der Waals surface area contributed by atoms with Crippen molar-refractivity contribution < 1.29 is 9.21 Å². The molecule has 1 amide bonds. The van der Waals surface area contributed by atoms with Crippen LogP contribution in [0.15, 0.2) is 4.42 Å². The summed E-state index contributed by atoms with van der Waals surface area (Å²) in [6.45, 7) is 3.96. The average Bonchev–Trinajstić information content (AvgIpc) is 3.43. The third-order valence-corrected chi connectivity index (χ3v) is 6.70. The fourth-order valence-corrected chi connectivity index (χ4v) is 4.70. The van der Waals surface area contributed by atoms with Crippen LogP contribution in [0.2, 0.25) is 0 Å². The zero-order chi connectivity index (χ0) is 17.9. The molecule has 3 fully saturated rings. The maximum atomic E-state index is 12.9. The first-order chi connectivity index (χ1) is 12.7. The molecule has 0 atom stereocenters. The van der Waals surface area contributed by atoms with Crippen LogP contribution in [-0.2, 0) is 4.79 Å². The summed E-state index contributed by atoms with van der Waals surface area (Å²) in [5.74, 6) is 4.03. The number of rotatable bonds is 6. The Morgan fingerprint density at radius 1 is 0.962 bits per heavy atom. The SMILES string of the molecule is CCCCC1CCC(C(=O)N2CCC(c3nnc(C4CC4)o3)CC2)CC1. The highest BCUT2D eigenvalue weighted by atomic mass is 16.4. The van der Waals surface area contributed by atoms with Gasteiger partial charge in [0.2, 0.25) is 17.7 Å². The van der Waals surface area contributed by atoms with E-state index in [1.165, 1.54) is 44.9 Å². The van der Waals surface area contributed by atoms with E-state index < -0.39 is 0 Å². The molecule has 2 saturated carbocycles. The second kappa shape index (κ2) is 8.10. The molecule has 0 N–H and O–H groups in total. The summed E-state index contributed by atoms with van der Waals surface area (Å²) in [6, 6.07) is 0. The fourth-order valence-electron chi connectivity index (χ4n) is 4.70. The van der Waals surface area contributed by atoms with Crippen LogP contribution >= 0.6 is 0 Å². The molecule has 1 aliphatic heterocycles. The molecule has 144 valence electrons. The van der Waals surface area contributed by atoms with E-state index in [0.717, 1.165) is 56.5 Å². The van der Waals surface area contributed by atoms with E-state index in [9.17, 15) is 4.79 Å². The molecule has 1 aromatic rings. The lowest BCUT2D eigenvalue weighted by atomic mass is 9.79. The Balaban J connectivity index is 1.23. The van der Waals surface area contributed by atoms with Crippen molar-refractivity contribution in [1.82, 2.24) is 15.1 Å². The van der Waals surface area contributed by atoms with Crippen molar-refractivity contribution in [2.24, 2.45) is 11.8 Å². The van der Waals surface area contributed by atoms with Crippen molar-refractivity contribution in [3.63, 3.8) is 0 Å². The van der Waals surface area contributed by atoms with E-state index in [2.05, 4.69) is 22.0 Å². The van der Waals surface area contributed by atoms with Crippen LogP contribution in [0.4, 0.5) is 0 Å². The van der Waals surface area contributed by atoms with Crippen molar-refractivity contribution in [3.8, 4) is 0 Å². The average molecular weight is 360 g/mol. The van der Waals surface area contributed by atoms with Crippen molar-refractivity contribution in [1.29, 1.82) is 0 Å². The van der Waals surface area contributed by atoms with E-state index >= 15 is 0 Å². The zero-order valence-electron chi connectivity index (χ0n) is 16.2. The van der Waals surface area contributed by atoms with Gasteiger partial charge in [-0.1, -0.05) is 26.2 Å². The maximum absolute atomic E-state index is 12.9. The second-order valence-corrected chi connectivity index (χ2v) is 8.71. The predicted molar refractivity (Wildman–Crippen MR) is 99.8 cm³/mol. The Bertz CT molecular complexity index is 594. The lowest BCUT2D eigenvalue weighted by molar-refractivity contribution is -0.138. The van der Waals surface area contributed by atoms with E-state index in [1.54, 1.807) is 0 Å². The molecule has 0 bridgehead atoms. The lowest BCUT2D eigenvalue weighted by Crippen LogP contribution is -2.42. The molecule has 26 heavy (non-hydrogen) atoms. The molecule has 5 heteroatoms. The highest BCUT2D eigenvalue weighted by molar-refractivity contribution is 5.79. The standard InChI is InChI=1S/C21H33N3O2/c1-2-3-4-15-5-7-18(8-6-15)21(25)24-13-11-17(12-14-24)20-23-22-19(26-20)16-9-10-16/h15-18H,2-14H2,1H3. The summed E-state index contributed by atoms with van der Waals surface area (Å²) in [4.78, 5) is 15.0. The molecule has 4 rings (SSSR count). The third kappa shape index (κ3) is 4.12. The summed E-state index contributed by atoms with van der Waals surface area (Å²) >= 11 is 0. The van der Waals surface area contributed by atoms with Crippen LogP contribution in [0.5, 0.6) is 0 Å². The molecule has 0 aromatic carbocycles. The topological polar surface area (TPSA) is 59.2 Å². The minimum absolute atomic E-state index is 0.273. The van der Waals surface area contributed by atoms with Crippen molar-refractivity contribution >= 4 is 5.91 Å². The van der Waals surface area contributed by atoms with Crippen LogP contribution in [0.1, 0.15) is 101 Å². The van der Waals surface area contributed by atoms with Gasteiger partial charge in [-0.2, -0.15) is 0 Å². The largest absolute Gasteiger partial charge is 0.425 e. The van der Waals surface area contributed by atoms with E-state index in [4.69, 9.17) is 4.42 Å². The molecular weight excluding hydrogens is 326 g/mol. The summed E-state index contributed by atoms with van der Waals surface area (Å²) in [6.07, 6.45) is 13.0. The number of likely N-dealkylation sites (tertiary alicyclic amines) is 1. The fraction of sp³-hybridized carbons (Fsp3) is 0.857. The minimum atomic E-state index is 0.273. The van der Waals surface area contributed by atoms with Crippen LogP contribution in [0, 0.1) is 11.8 Å². The van der Waals surface area contributed by atoms with Gasteiger partial charge in [-0.25, -0.2) is 0 Å².